The molecule has 0 saturated heterocycles. The lowest BCUT2D eigenvalue weighted by molar-refractivity contribution is 0.276. The minimum atomic E-state index is 0.497. The Balaban J connectivity index is 2.19. The minimum Gasteiger partial charge on any atom is -0.377 e. The van der Waals surface area contributed by atoms with Crippen LogP contribution in [0.25, 0.3) is 0 Å². The lowest BCUT2D eigenvalue weighted by atomic mass is 10.7. The van der Waals surface area contributed by atoms with E-state index in [1.807, 2.05) is 0 Å². The molecule has 2 nitrogen and oxygen atoms in total. The van der Waals surface area contributed by atoms with E-state index in [1.165, 1.54) is 6.61 Å². The van der Waals surface area contributed by atoms with Gasteiger partial charge in [0.25, 0.3) is 0 Å². The molecule has 1 radical (unpaired) electrons. The molecule has 0 aromatic rings. The summed E-state index contributed by atoms with van der Waals surface area (Å²) in [6.07, 6.45) is 0. The molecule has 0 aliphatic heterocycles. The van der Waals surface area contributed by atoms with Crippen LogP contribution in [0.4, 0.5) is 0 Å². The van der Waals surface area contributed by atoms with Crippen molar-refractivity contribution in [1.29, 1.82) is 0 Å². The number of ether oxygens (including phenoxy) is 1. The van der Waals surface area contributed by atoms with E-state index in [4.69, 9.17) is 5.73 Å². The van der Waals surface area contributed by atoms with Gasteiger partial charge in [-0.05, 0) is 0 Å². The fourth-order valence-electron chi connectivity index (χ4n) is 0.0962. The molecule has 0 bridgehead atoms. The highest BCUT2D eigenvalue weighted by atomic mass is 16.5. The van der Waals surface area contributed by atoms with Gasteiger partial charge in [0, 0.05) is 13.7 Å². The monoisotopic (exact) mass is 74.1 g/mol. The highest BCUT2D eigenvalue weighted by Gasteiger charge is 1.67. The van der Waals surface area contributed by atoms with E-state index < -0.39 is 0 Å². The Labute approximate surface area is 31.9 Å². The average molecular weight is 74.1 g/mol. The summed E-state index contributed by atoms with van der Waals surface area (Å²) in [6.45, 7) is 2.02. The molecule has 0 unspecified atom stereocenters. The van der Waals surface area contributed by atoms with Crippen molar-refractivity contribution in [2.24, 2.45) is 5.73 Å². The van der Waals surface area contributed by atoms with Gasteiger partial charge in [-0.15, -0.1) is 0 Å². The molecule has 31 valence electrons. The van der Waals surface area contributed by atoms with Crippen LogP contribution < -0.4 is 5.73 Å². The smallest absolute Gasteiger partial charge is 0.0966 e. The van der Waals surface area contributed by atoms with Crippen molar-refractivity contribution in [2.75, 3.05) is 13.7 Å². The Morgan fingerprint density at radius 1 is 2.00 bits per heavy atom. The summed E-state index contributed by atoms with van der Waals surface area (Å²) >= 11 is 0. The highest BCUT2D eigenvalue weighted by molar-refractivity contribution is 4.43. The maximum atomic E-state index is 4.96. The number of hydrogen-bond donors (Lipinski definition) is 1. The quantitative estimate of drug-likeness (QED) is 0.490. The van der Waals surface area contributed by atoms with Crippen LogP contribution >= 0.6 is 0 Å². The molecule has 0 atom stereocenters. The normalized spacial score (nSPS) is 8.40. The fraction of sp³-hybridized carbons (Fsp3) is 0.667. The van der Waals surface area contributed by atoms with Crippen LogP contribution in [-0.4, -0.2) is 13.7 Å². The van der Waals surface area contributed by atoms with E-state index in [1.54, 1.807) is 7.11 Å². The van der Waals surface area contributed by atoms with E-state index in [9.17, 15) is 0 Å². The summed E-state index contributed by atoms with van der Waals surface area (Å²) in [7, 11) is 1.58. The van der Waals surface area contributed by atoms with Crippen LogP contribution in [0.5, 0.6) is 0 Å². The van der Waals surface area contributed by atoms with Crippen LogP contribution in [0.2, 0.25) is 0 Å². The second kappa shape index (κ2) is 3.92. The highest BCUT2D eigenvalue weighted by Crippen LogP contribution is 1.63. The third-order valence-electron chi connectivity index (χ3n) is 0.263. The first-order valence-electron chi connectivity index (χ1n) is 1.46. The fourth-order valence-corrected chi connectivity index (χ4v) is 0.0962. The molecule has 0 spiro atoms. The largest absolute Gasteiger partial charge is 0.377 e. The van der Waals surface area contributed by atoms with E-state index in [0.29, 0.717) is 6.54 Å². The number of methoxy groups -OCH3 is 1. The standard InChI is InChI=1S/C3H8NO/c1-5-3-2-4/h3H,2,4H2,1H3. The Morgan fingerprint density at radius 3 is 2.60 bits per heavy atom. The van der Waals surface area contributed by atoms with Gasteiger partial charge in [0.1, 0.15) is 0 Å². The average Bonchev–Trinajstić information content (AvgIpc) is 1.41. The molecule has 0 amide bonds. The molecule has 0 saturated carbocycles. The first-order valence-corrected chi connectivity index (χ1v) is 1.46. The topological polar surface area (TPSA) is 35.2 Å². The van der Waals surface area contributed by atoms with Crippen molar-refractivity contribution in [3.8, 4) is 0 Å². The summed E-state index contributed by atoms with van der Waals surface area (Å²) < 4.78 is 4.44. The molecule has 0 aliphatic carbocycles. The zero-order chi connectivity index (χ0) is 4.12. The predicted molar refractivity (Wildman–Crippen MR) is 20.4 cm³/mol. The van der Waals surface area contributed by atoms with E-state index in [0.717, 1.165) is 0 Å². The van der Waals surface area contributed by atoms with Crippen molar-refractivity contribution in [2.45, 2.75) is 0 Å². The summed E-state index contributed by atoms with van der Waals surface area (Å²) in [5.41, 5.74) is 4.96. The maximum Gasteiger partial charge on any atom is 0.0966 e. The molecular formula is C3H8NO. The number of hydrogen-bond acceptors (Lipinski definition) is 2. The third kappa shape index (κ3) is 3.92. The molecule has 0 aromatic heterocycles. The van der Waals surface area contributed by atoms with Gasteiger partial charge in [0.05, 0.1) is 6.61 Å². The van der Waals surface area contributed by atoms with Gasteiger partial charge >= 0.3 is 0 Å². The molecule has 2 N–H and O–H groups in total. The van der Waals surface area contributed by atoms with Crippen LogP contribution in [0, 0.1) is 6.61 Å². The molecule has 2 heteroatoms. The summed E-state index contributed by atoms with van der Waals surface area (Å²) in [5.74, 6) is 0. The van der Waals surface area contributed by atoms with E-state index >= 15 is 0 Å². The SMILES string of the molecule is CO[CH]CN. The molecule has 0 fully saturated rings. The second-order valence-electron chi connectivity index (χ2n) is 0.638. The lowest BCUT2D eigenvalue weighted by Crippen LogP contribution is -1.99. The van der Waals surface area contributed by atoms with Crippen LogP contribution in [0.3, 0.4) is 0 Å². The lowest BCUT2D eigenvalue weighted by Gasteiger charge is -1.83. The predicted octanol–water partition coefficient (Wildman–Crippen LogP) is -0.247. The van der Waals surface area contributed by atoms with Crippen molar-refractivity contribution in [1.82, 2.24) is 0 Å². The van der Waals surface area contributed by atoms with Crippen molar-refractivity contribution >= 4 is 0 Å². The van der Waals surface area contributed by atoms with Gasteiger partial charge in [-0.2, -0.15) is 0 Å². The van der Waals surface area contributed by atoms with Crippen LogP contribution in [-0.2, 0) is 4.74 Å². The number of nitrogens with two attached hydrogens (primary N) is 1. The minimum absolute atomic E-state index is 0.497. The molecule has 0 aliphatic rings. The van der Waals surface area contributed by atoms with Crippen LogP contribution in [0.15, 0.2) is 0 Å². The first-order chi connectivity index (χ1) is 2.41. The number of rotatable bonds is 2. The van der Waals surface area contributed by atoms with Crippen molar-refractivity contribution in [3.05, 3.63) is 6.61 Å². The molecule has 0 aromatic carbocycles. The van der Waals surface area contributed by atoms with Crippen molar-refractivity contribution < 1.29 is 4.74 Å². The van der Waals surface area contributed by atoms with Gasteiger partial charge in [0.2, 0.25) is 0 Å². The van der Waals surface area contributed by atoms with Gasteiger partial charge in [-0.3, -0.25) is 0 Å². The molecule has 0 rings (SSSR count). The maximum absolute atomic E-state index is 4.96. The Morgan fingerprint density at radius 2 is 2.60 bits per heavy atom. The van der Waals surface area contributed by atoms with Gasteiger partial charge < -0.3 is 10.5 Å². The Bertz CT molecular complexity index is 14.4. The van der Waals surface area contributed by atoms with E-state index in [-0.39, 0.29) is 0 Å². The van der Waals surface area contributed by atoms with E-state index in [2.05, 4.69) is 4.74 Å². The van der Waals surface area contributed by atoms with Gasteiger partial charge in [0.15, 0.2) is 0 Å². The second-order valence-corrected chi connectivity index (χ2v) is 0.638. The van der Waals surface area contributed by atoms with Crippen LogP contribution in [0.1, 0.15) is 0 Å². The molecular weight excluding hydrogens is 66.0 g/mol. The summed E-state index contributed by atoms with van der Waals surface area (Å²) in [5, 5.41) is 0. The van der Waals surface area contributed by atoms with Gasteiger partial charge in [-0.25, -0.2) is 0 Å². The van der Waals surface area contributed by atoms with Crippen molar-refractivity contribution in [3.63, 3.8) is 0 Å². The third-order valence-corrected chi connectivity index (χ3v) is 0.263. The zero-order valence-electron chi connectivity index (χ0n) is 3.27. The van der Waals surface area contributed by atoms with Gasteiger partial charge in [-0.1, -0.05) is 0 Å². The zero-order valence-corrected chi connectivity index (χ0v) is 3.27. The Hall–Kier alpha value is -0.0800. The first kappa shape index (κ1) is 4.92. The Kier molecular flexibility index (Phi) is 3.86. The molecule has 0 heterocycles. The summed E-state index contributed by atoms with van der Waals surface area (Å²) in [4.78, 5) is 0. The molecule has 5 heavy (non-hydrogen) atoms. The summed E-state index contributed by atoms with van der Waals surface area (Å²) in [6, 6.07) is 0.